The number of allylic oxidation sites excluding steroid dienone is 3. The molecule has 1 fully saturated rings. The summed E-state index contributed by atoms with van der Waals surface area (Å²) in [6, 6.07) is 5.69. The Balaban J connectivity index is 1.55. The van der Waals surface area contributed by atoms with Gasteiger partial charge >= 0.3 is 5.97 Å². The monoisotopic (exact) mass is 409 g/mol. The number of rotatable bonds is 3. The van der Waals surface area contributed by atoms with Gasteiger partial charge in [-0.05, 0) is 56.7 Å². The first-order valence-electron chi connectivity index (χ1n) is 10.9. The van der Waals surface area contributed by atoms with Crippen LogP contribution in [0, 0.1) is 5.92 Å². The summed E-state index contributed by atoms with van der Waals surface area (Å²) in [4.78, 5) is 26.4. The Labute approximate surface area is 176 Å². The summed E-state index contributed by atoms with van der Waals surface area (Å²) in [5.74, 6) is 0.376. The minimum atomic E-state index is -0.406. The molecule has 0 spiro atoms. The lowest BCUT2D eigenvalue weighted by Gasteiger charge is -2.38. The molecule has 2 unspecified atom stereocenters. The van der Waals surface area contributed by atoms with E-state index in [4.69, 9.17) is 14.2 Å². The number of hydrogen-bond donors (Lipinski definition) is 1. The van der Waals surface area contributed by atoms with Crippen LogP contribution in [0.1, 0.15) is 63.4 Å². The van der Waals surface area contributed by atoms with E-state index < -0.39 is 11.8 Å². The number of fused-ring (bicyclic) bond motifs is 2. The molecule has 0 bridgehead atoms. The average Bonchev–Trinajstić information content (AvgIpc) is 3.21. The Morgan fingerprint density at radius 1 is 1.10 bits per heavy atom. The van der Waals surface area contributed by atoms with E-state index >= 15 is 0 Å². The molecular weight excluding hydrogens is 382 g/mol. The van der Waals surface area contributed by atoms with Gasteiger partial charge < -0.3 is 19.5 Å². The van der Waals surface area contributed by atoms with Crippen molar-refractivity contribution in [2.24, 2.45) is 5.92 Å². The third-order valence-electron chi connectivity index (χ3n) is 6.62. The number of nitrogens with one attached hydrogen (secondary N) is 1. The second-order valence-corrected chi connectivity index (χ2v) is 8.56. The molecule has 2 atom stereocenters. The maximum Gasteiger partial charge on any atom is 0.336 e. The zero-order valence-corrected chi connectivity index (χ0v) is 17.2. The van der Waals surface area contributed by atoms with Gasteiger partial charge in [0.25, 0.3) is 0 Å². The molecule has 6 nitrogen and oxygen atoms in total. The van der Waals surface area contributed by atoms with E-state index in [1.807, 2.05) is 25.1 Å². The van der Waals surface area contributed by atoms with Gasteiger partial charge in [-0.1, -0.05) is 18.6 Å². The zero-order chi connectivity index (χ0) is 20.7. The second kappa shape index (κ2) is 7.82. The average molecular weight is 409 g/mol. The van der Waals surface area contributed by atoms with Gasteiger partial charge in [0.1, 0.15) is 11.9 Å². The van der Waals surface area contributed by atoms with Gasteiger partial charge in [0.05, 0.1) is 11.5 Å². The van der Waals surface area contributed by atoms with Crippen LogP contribution < -0.4 is 14.8 Å². The molecule has 0 radical (unpaired) electrons. The number of ketones is 1. The van der Waals surface area contributed by atoms with Gasteiger partial charge in [0.15, 0.2) is 11.5 Å². The van der Waals surface area contributed by atoms with E-state index in [-0.39, 0.29) is 24.6 Å². The van der Waals surface area contributed by atoms with E-state index in [9.17, 15) is 9.59 Å². The Bertz CT molecular complexity index is 941. The molecule has 5 rings (SSSR count). The van der Waals surface area contributed by atoms with Crippen LogP contribution in [0.2, 0.25) is 0 Å². The quantitative estimate of drug-likeness (QED) is 0.757. The number of benzene rings is 1. The van der Waals surface area contributed by atoms with Crippen LogP contribution in [0.15, 0.2) is 41.2 Å². The molecule has 4 aliphatic rings. The predicted octanol–water partition coefficient (Wildman–Crippen LogP) is 4.12. The van der Waals surface area contributed by atoms with Crippen LogP contribution in [-0.2, 0) is 14.3 Å². The van der Waals surface area contributed by atoms with E-state index in [0.717, 1.165) is 49.1 Å². The topological polar surface area (TPSA) is 73.9 Å². The van der Waals surface area contributed by atoms with Crippen molar-refractivity contribution in [3.8, 4) is 11.5 Å². The van der Waals surface area contributed by atoms with Gasteiger partial charge in [0.2, 0.25) is 6.79 Å². The van der Waals surface area contributed by atoms with Crippen LogP contribution in [0.4, 0.5) is 0 Å². The molecule has 6 heteroatoms. The zero-order valence-electron chi connectivity index (χ0n) is 17.2. The Kier molecular flexibility index (Phi) is 5.01. The number of Topliss-reactive ketones (excluding diaryl/α,β-unsaturated/α-hetero) is 1. The van der Waals surface area contributed by atoms with Gasteiger partial charge in [0, 0.05) is 23.7 Å². The molecule has 2 aliphatic heterocycles. The van der Waals surface area contributed by atoms with Gasteiger partial charge in [-0.2, -0.15) is 0 Å². The molecule has 1 aromatic carbocycles. The maximum atomic E-state index is 13.4. The Hall–Kier alpha value is -2.76. The fourth-order valence-electron chi connectivity index (χ4n) is 5.15. The summed E-state index contributed by atoms with van der Waals surface area (Å²) in [5.41, 5.74) is 3.08. The van der Waals surface area contributed by atoms with Crippen molar-refractivity contribution in [2.45, 2.75) is 63.9 Å². The van der Waals surface area contributed by atoms with E-state index in [1.54, 1.807) is 0 Å². The van der Waals surface area contributed by atoms with Crippen LogP contribution in [0.5, 0.6) is 11.5 Å². The van der Waals surface area contributed by atoms with Crippen LogP contribution >= 0.6 is 0 Å². The third-order valence-corrected chi connectivity index (χ3v) is 6.62. The molecule has 1 aromatic rings. The van der Waals surface area contributed by atoms with Gasteiger partial charge in [-0.25, -0.2) is 4.79 Å². The first kappa shape index (κ1) is 19.2. The molecule has 1 saturated carbocycles. The fourth-order valence-corrected chi connectivity index (χ4v) is 5.15. The SMILES string of the molecule is CC1=C(C(=O)OC2CCCCC2)C(c2ccc3c(c2)OCO3)C2C(=O)CCC=C2N1. The third kappa shape index (κ3) is 3.38. The fraction of sp³-hybridized carbons (Fsp3) is 0.500. The summed E-state index contributed by atoms with van der Waals surface area (Å²) >= 11 is 0. The number of carbonyl (C=O) groups is 2. The van der Waals surface area contributed by atoms with Crippen LogP contribution in [0.25, 0.3) is 0 Å². The number of ether oxygens (including phenoxy) is 3. The highest BCUT2D eigenvalue weighted by atomic mass is 16.7. The van der Waals surface area contributed by atoms with Crippen molar-refractivity contribution >= 4 is 11.8 Å². The highest BCUT2D eigenvalue weighted by molar-refractivity contribution is 5.96. The van der Waals surface area contributed by atoms with Crippen molar-refractivity contribution in [2.75, 3.05) is 6.79 Å². The van der Waals surface area contributed by atoms with Crippen molar-refractivity contribution < 1.29 is 23.8 Å². The molecule has 0 aromatic heterocycles. The Morgan fingerprint density at radius 3 is 2.73 bits per heavy atom. The van der Waals surface area contributed by atoms with E-state index in [2.05, 4.69) is 11.4 Å². The maximum absolute atomic E-state index is 13.4. The van der Waals surface area contributed by atoms with Crippen molar-refractivity contribution in [3.63, 3.8) is 0 Å². The number of carbonyl (C=O) groups excluding carboxylic acids is 2. The molecule has 30 heavy (non-hydrogen) atoms. The molecular formula is C24H27NO5. The highest BCUT2D eigenvalue weighted by Crippen LogP contribution is 2.46. The summed E-state index contributed by atoms with van der Waals surface area (Å²) in [7, 11) is 0. The summed E-state index contributed by atoms with van der Waals surface area (Å²) in [5, 5.41) is 3.33. The minimum Gasteiger partial charge on any atom is -0.459 e. The largest absolute Gasteiger partial charge is 0.459 e. The van der Waals surface area contributed by atoms with E-state index in [0.29, 0.717) is 23.5 Å². The molecule has 158 valence electrons. The van der Waals surface area contributed by atoms with Crippen LogP contribution in [0.3, 0.4) is 0 Å². The molecule has 2 heterocycles. The van der Waals surface area contributed by atoms with Crippen molar-refractivity contribution in [1.29, 1.82) is 0 Å². The summed E-state index contributed by atoms with van der Waals surface area (Å²) in [6.07, 6.45) is 8.45. The number of hydrogen-bond acceptors (Lipinski definition) is 6. The normalized spacial score (nSPS) is 26.0. The minimum absolute atomic E-state index is 0.0389. The lowest BCUT2D eigenvalue weighted by Crippen LogP contribution is -2.41. The van der Waals surface area contributed by atoms with Crippen molar-refractivity contribution in [1.82, 2.24) is 5.32 Å². The summed E-state index contributed by atoms with van der Waals surface area (Å²) < 4.78 is 17.0. The van der Waals surface area contributed by atoms with E-state index in [1.165, 1.54) is 6.42 Å². The smallest absolute Gasteiger partial charge is 0.336 e. The van der Waals surface area contributed by atoms with Crippen molar-refractivity contribution in [3.05, 3.63) is 46.8 Å². The first-order chi connectivity index (χ1) is 14.6. The molecule has 2 aliphatic carbocycles. The molecule has 0 saturated heterocycles. The Morgan fingerprint density at radius 2 is 1.90 bits per heavy atom. The number of esters is 1. The predicted molar refractivity (Wildman–Crippen MR) is 110 cm³/mol. The molecule has 1 N–H and O–H groups in total. The standard InChI is InChI=1S/C24H27NO5/c1-14-21(24(27)30-16-6-3-2-4-7-16)22(23-17(25-14)8-5-9-18(23)26)15-10-11-19-20(12-15)29-13-28-19/h8,10-12,16,22-23,25H,2-7,9,13H2,1H3. The second-order valence-electron chi connectivity index (χ2n) is 8.56. The summed E-state index contributed by atoms with van der Waals surface area (Å²) in [6.45, 7) is 2.08. The van der Waals surface area contributed by atoms with Crippen LogP contribution in [-0.4, -0.2) is 24.6 Å². The van der Waals surface area contributed by atoms with Gasteiger partial charge in [-0.3, -0.25) is 4.79 Å². The lowest BCUT2D eigenvalue weighted by atomic mass is 9.71. The highest BCUT2D eigenvalue weighted by Gasteiger charge is 2.44. The lowest BCUT2D eigenvalue weighted by molar-refractivity contribution is -0.146. The molecule has 0 amide bonds. The van der Waals surface area contributed by atoms with Gasteiger partial charge in [-0.15, -0.1) is 0 Å². The first-order valence-corrected chi connectivity index (χ1v) is 10.9.